The van der Waals surface area contributed by atoms with Crippen LogP contribution >= 0.6 is 0 Å². The number of alkyl halides is 3. The van der Waals surface area contributed by atoms with Gasteiger partial charge in [0.25, 0.3) is 0 Å². The third kappa shape index (κ3) is 3.64. The van der Waals surface area contributed by atoms with Crippen molar-refractivity contribution in [3.63, 3.8) is 0 Å². The Balaban J connectivity index is 2.34. The van der Waals surface area contributed by atoms with Crippen LogP contribution in [0.3, 0.4) is 0 Å². The van der Waals surface area contributed by atoms with E-state index in [1.165, 1.54) is 31.2 Å². The van der Waals surface area contributed by atoms with Crippen molar-refractivity contribution in [1.82, 2.24) is 10.4 Å². The predicted molar refractivity (Wildman–Crippen MR) is 74.8 cm³/mol. The highest BCUT2D eigenvalue weighted by molar-refractivity contribution is 5.84. The zero-order valence-electron chi connectivity index (χ0n) is 12.7. The van der Waals surface area contributed by atoms with Crippen molar-refractivity contribution in [2.24, 2.45) is 5.92 Å². The van der Waals surface area contributed by atoms with E-state index in [1.807, 2.05) is 0 Å². The Bertz CT molecular complexity index is 587. The fraction of sp³-hybridized carbons (Fsp3) is 0.467. The molecule has 1 heterocycles. The van der Waals surface area contributed by atoms with Gasteiger partial charge >= 0.3 is 6.18 Å². The Kier molecular flexibility index (Phi) is 4.93. The molecule has 8 heteroatoms. The second-order valence-corrected chi connectivity index (χ2v) is 5.38. The number of likely N-dealkylation sites (tertiary alicyclic amines) is 1. The van der Waals surface area contributed by atoms with Crippen LogP contribution in [-0.4, -0.2) is 30.9 Å². The number of benzene rings is 1. The fourth-order valence-electron chi connectivity index (χ4n) is 2.81. The van der Waals surface area contributed by atoms with Gasteiger partial charge in [-0.25, -0.2) is 5.48 Å². The summed E-state index contributed by atoms with van der Waals surface area (Å²) in [6, 6.07) is 3.88. The van der Waals surface area contributed by atoms with Gasteiger partial charge < -0.3 is 4.90 Å². The minimum Gasteiger partial charge on any atom is -0.338 e. The van der Waals surface area contributed by atoms with Crippen LogP contribution in [0, 0.1) is 5.92 Å². The van der Waals surface area contributed by atoms with E-state index in [0.29, 0.717) is 12.0 Å². The van der Waals surface area contributed by atoms with Crippen molar-refractivity contribution < 1.29 is 27.6 Å². The molecule has 1 aromatic rings. The van der Waals surface area contributed by atoms with Gasteiger partial charge in [0.15, 0.2) is 0 Å². The lowest BCUT2D eigenvalue weighted by Crippen LogP contribution is -2.46. The molecule has 0 aromatic heterocycles. The number of carbonyl (C=O) groups is 2. The van der Waals surface area contributed by atoms with Crippen LogP contribution in [0.5, 0.6) is 0 Å². The summed E-state index contributed by atoms with van der Waals surface area (Å²) in [5, 5.41) is 0. The zero-order chi connectivity index (χ0) is 17.2. The SMILES string of the molecule is CONC(=O)[C@@H]1CCC(=O)N(C)[C@H]1c1ccc(C(F)(F)F)cc1. The lowest BCUT2D eigenvalue weighted by molar-refractivity contribution is -0.146. The second-order valence-electron chi connectivity index (χ2n) is 5.38. The standard InChI is InChI=1S/C15H17F3N2O3/c1-20-12(21)8-7-11(14(22)19-23-2)13(20)9-3-5-10(6-4-9)15(16,17)18/h3-6,11,13H,7-8H2,1-2H3,(H,19,22)/t11-,13+/m1/s1. The number of hydrogen-bond donors (Lipinski definition) is 1. The van der Waals surface area contributed by atoms with Crippen LogP contribution in [-0.2, 0) is 20.6 Å². The number of nitrogens with one attached hydrogen (secondary N) is 1. The molecule has 2 amide bonds. The highest BCUT2D eigenvalue weighted by Crippen LogP contribution is 2.37. The number of nitrogens with zero attached hydrogens (tertiary/aromatic N) is 1. The maximum absolute atomic E-state index is 12.7. The molecule has 1 aromatic carbocycles. The number of hydroxylamine groups is 1. The van der Waals surface area contributed by atoms with Gasteiger partial charge in [-0.15, -0.1) is 0 Å². The van der Waals surface area contributed by atoms with E-state index in [-0.39, 0.29) is 12.3 Å². The van der Waals surface area contributed by atoms with E-state index in [1.54, 1.807) is 0 Å². The molecule has 0 spiro atoms. The maximum atomic E-state index is 12.7. The summed E-state index contributed by atoms with van der Waals surface area (Å²) in [7, 11) is 2.83. The van der Waals surface area contributed by atoms with Crippen LogP contribution in [0.4, 0.5) is 13.2 Å². The summed E-state index contributed by atoms with van der Waals surface area (Å²) < 4.78 is 38.0. The molecule has 126 valence electrons. The minimum absolute atomic E-state index is 0.156. The molecule has 1 saturated heterocycles. The minimum atomic E-state index is -4.43. The molecule has 2 atom stereocenters. The van der Waals surface area contributed by atoms with Gasteiger partial charge in [-0.05, 0) is 24.1 Å². The van der Waals surface area contributed by atoms with Crippen molar-refractivity contribution in [3.8, 4) is 0 Å². The van der Waals surface area contributed by atoms with Crippen molar-refractivity contribution in [2.45, 2.75) is 25.1 Å². The molecule has 23 heavy (non-hydrogen) atoms. The summed E-state index contributed by atoms with van der Waals surface area (Å²) in [6.07, 6.45) is -3.92. The molecule has 1 N–H and O–H groups in total. The van der Waals surface area contributed by atoms with Crippen molar-refractivity contribution in [3.05, 3.63) is 35.4 Å². The van der Waals surface area contributed by atoms with E-state index in [2.05, 4.69) is 10.3 Å². The molecule has 0 saturated carbocycles. The molecule has 0 unspecified atom stereocenters. The summed E-state index contributed by atoms with van der Waals surface area (Å²) in [6.45, 7) is 0. The van der Waals surface area contributed by atoms with Gasteiger partial charge in [0, 0.05) is 13.5 Å². The Morgan fingerprint density at radius 3 is 2.43 bits per heavy atom. The largest absolute Gasteiger partial charge is 0.416 e. The van der Waals surface area contributed by atoms with E-state index in [9.17, 15) is 22.8 Å². The molecular formula is C15H17F3N2O3. The van der Waals surface area contributed by atoms with Gasteiger partial charge in [0.1, 0.15) is 0 Å². The van der Waals surface area contributed by atoms with Gasteiger partial charge in [0.2, 0.25) is 11.8 Å². The zero-order valence-corrected chi connectivity index (χ0v) is 12.7. The number of carbonyl (C=O) groups excluding carboxylic acids is 2. The van der Waals surface area contributed by atoms with E-state index in [4.69, 9.17) is 0 Å². The van der Waals surface area contributed by atoms with Crippen LogP contribution in [0.2, 0.25) is 0 Å². The Morgan fingerprint density at radius 1 is 1.30 bits per heavy atom. The van der Waals surface area contributed by atoms with Crippen molar-refractivity contribution >= 4 is 11.8 Å². The Morgan fingerprint density at radius 2 is 1.91 bits per heavy atom. The molecule has 5 nitrogen and oxygen atoms in total. The first-order valence-electron chi connectivity index (χ1n) is 7.01. The average Bonchev–Trinajstić information content (AvgIpc) is 2.49. The number of piperidine rings is 1. The smallest absolute Gasteiger partial charge is 0.338 e. The number of halogens is 3. The molecule has 0 bridgehead atoms. The quantitative estimate of drug-likeness (QED) is 0.865. The topological polar surface area (TPSA) is 58.6 Å². The molecule has 0 aliphatic carbocycles. The molecule has 0 radical (unpaired) electrons. The predicted octanol–water partition coefficient (Wildman–Crippen LogP) is 2.29. The second kappa shape index (κ2) is 6.57. The number of amides is 2. The lowest BCUT2D eigenvalue weighted by Gasteiger charge is -2.38. The first-order chi connectivity index (χ1) is 10.8. The van der Waals surface area contributed by atoms with Gasteiger partial charge in [0.05, 0.1) is 24.6 Å². The average molecular weight is 330 g/mol. The first-order valence-corrected chi connectivity index (χ1v) is 7.01. The van der Waals surface area contributed by atoms with Gasteiger partial charge in [-0.2, -0.15) is 13.2 Å². The lowest BCUT2D eigenvalue weighted by atomic mass is 9.84. The number of hydrogen-bond acceptors (Lipinski definition) is 3. The maximum Gasteiger partial charge on any atom is 0.416 e. The van der Waals surface area contributed by atoms with Crippen LogP contribution in [0.1, 0.15) is 30.0 Å². The first kappa shape index (κ1) is 17.3. The monoisotopic (exact) mass is 330 g/mol. The summed E-state index contributed by atoms with van der Waals surface area (Å²) in [5.41, 5.74) is 1.93. The third-order valence-corrected chi connectivity index (χ3v) is 3.98. The molecule has 1 aliphatic heterocycles. The number of rotatable bonds is 3. The molecular weight excluding hydrogens is 313 g/mol. The van der Waals surface area contributed by atoms with Crippen LogP contribution in [0.25, 0.3) is 0 Å². The van der Waals surface area contributed by atoms with Crippen molar-refractivity contribution in [1.29, 1.82) is 0 Å². The van der Waals surface area contributed by atoms with Crippen molar-refractivity contribution in [2.75, 3.05) is 14.2 Å². The van der Waals surface area contributed by atoms with E-state index >= 15 is 0 Å². The Hall–Kier alpha value is -2.09. The van der Waals surface area contributed by atoms with Gasteiger partial charge in [-0.1, -0.05) is 12.1 Å². The molecule has 1 aliphatic rings. The van der Waals surface area contributed by atoms with E-state index in [0.717, 1.165) is 12.1 Å². The molecule has 1 fully saturated rings. The summed E-state index contributed by atoms with van der Waals surface area (Å²) >= 11 is 0. The highest BCUT2D eigenvalue weighted by atomic mass is 19.4. The molecule has 2 rings (SSSR count). The fourth-order valence-corrected chi connectivity index (χ4v) is 2.81. The highest BCUT2D eigenvalue weighted by Gasteiger charge is 2.39. The van der Waals surface area contributed by atoms with Crippen LogP contribution in [0.15, 0.2) is 24.3 Å². The summed E-state index contributed by atoms with van der Waals surface area (Å²) in [4.78, 5) is 30.0. The Labute approximate surface area is 131 Å². The summed E-state index contributed by atoms with van der Waals surface area (Å²) in [5.74, 6) is -1.15. The normalized spacial score (nSPS) is 22.1. The third-order valence-electron chi connectivity index (χ3n) is 3.98. The van der Waals surface area contributed by atoms with Gasteiger partial charge in [-0.3, -0.25) is 14.4 Å². The van der Waals surface area contributed by atoms with Crippen LogP contribution < -0.4 is 5.48 Å². The van der Waals surface area contributed by atoms with E-state index < -0.39 is 29.6 Å².